The summed E-state index contributed by atoms with van der Waals surface area (Å²) in [7, 11) is 0. The fraction of sp³-hybridized carbons (Fsp3) is 0.526. The van der Waals surface area contributed by atoms with Gasteiger partial charge in [-0.25, -0.2) is 4.39 Å². The number of amides is 3. The molecular weight excluding hydrogens is 389 g/mol. The minimum atomic E-state index is -0.709. The van der Waals surface area contributed by atoms with Gasteiger partial charge in [-0.3, -0.25) is 25.2 Å². The van der Waals surface area contributed by atoms with Crippen molar-refractivity contribution in [3.63, 3.8) is 0 Å². The van der Waals surface area contributed by atoms with E-state index in [2.05, 4.69) is 16.2 Å². The van der Waals surface area contributed by atoms with Crippen LogP contribution in [0.3, 0.4) is 0 Å². The van der Waals surface area contributed by atoms with E-state index in [1.807, 2.05) is 0 Å². The highest BCUT2D eigenvalue weighted by Crippen LogP contribution is 2.67. The molecule has 0 aromatic heterocycles. The third-order valence-electron chi connectivity index (χ3n) is 5.89. The Labute approximate surface area is 166 Å². The Balaban J connectivity index is 1.20. The van der Waals surface area contributed by atoms with Gasteiger partial charge in [0.1, 0.15) is 12.4 Å². The van der Waals surface area contributed by atoms with E-state index in [-0.39, 0.29) is 40.7 Å². The molecule has 7 nitrogen and oxygen atoms in total. The quantitative estimate of drug-likeness (QED) is 0.625. The summed E-state index contributed by atoms with van der Waals surface area (Å²) in [5.41, 5.74) is 3.83. The molecule has 3 amide bonds. The molecule has 0 saturated heterocycles. The van der Waals surface area contributed by atoms with Crippen molar-refractivity contribution in [2.45, 2.75) is 50.2 Å². The molecule has 150 valence electrons. The van der Waals surface area contributed by atoms with Gasteiger partial charge in [0.2, 0.25) is 11.8 Å². The van der Waals surface area contributed by atoms with Crippen LogP contribution in [-0.4, -0.2) is 36.0 Å². The summed E-state index contributed by atoms with van der Waals surface area (Å²) in [5, 5.41) is 2.88. The van der Waals surface area contributed by atoms with Gasteiger partial charge in [-0.1, -0.05) is 11.6 Å². The maximum atomic E-state index is 13.4. The van der Waals surface area contributed by atoms with E-state index in [0.29, 0.717) is 19.3 Å². The van der Waals surface area contributed by atoms with Crippen LogP contribution in [0.15, 0.2) is 18.2 Å². The minimum Gasteiger partial charge on any atom is -0.368 e. The monoisotopic (exact) mass is 409 g/mol. The van der Waals surface area contributed by atoms with Crippen LogP contribution >= 0.6 is 11.6 Å². The third-order valence-corrected chi connectivity index (χ3v) is 6.20. The molecule has 28 heavy (non-hydrogen) atoms. The predicted octanol–water partition coefficient (Wildman–Crippen LogP) is 1.85. The van der Waals surface area contributed by atoms with Crippen molar-refractivity contribution in [1.29, 1.82) is 0 Å². The van der Waals surface area contributed by atoms with Gasteiger partial charge in [0, 0.05) is 11.1 Å². The SMILES string of the molecule is O=C(COC1CCC1)NC12CC(C(=O)NNC(=O)c3ccc(Cl)c(F)c3)(C1)C2. The smallest absolute Gasteiger partial charge is 0.269 e. The van der Waals surface area contributed by atoms with Crippen molar-refractivity contribution < 1.29 is 23.5 Å². The Kier molecular flexibility index (Phi) is 4.79. The fourth-order valence-corrected chi connectivity index (χ4v) is 4.30. The number of carbonyl (C=O) groups excluding carboxylic acids is 3. The summed E-state index contributed by atoms with van der Waals surface area (Å²) in [6.45, 7) is 0.0549. The van der Waals surface area contributed by atoms with Crippen molar-refractivity contribution in [2.24, 2.45) is 5.41 Å². The van der Waals surface area contributed by atoms with Crippen molar-refractivity contribution in [3.05, 3.63) is 34.6 Å². The van der Waals surface area contributed by atoms with Gasteiger partial charge in [0.25, 0.3) is 5.91 Å². The molecule has 5 rings (SSSR count). The van der Waals surface area contributed by atoms with Crippen LogP contribution in [-0.2, 0) is 14.3 Å². The second kappa shape index (κ2) is 7.00. The van der Waals surface area contributed by atoms with E-state index in [0.717, 1.165) is 25.3 Å². The van der Waals surface area contributed by atoms with Crippen LogP contribution in [0.25, 0.3) is 0 Å². The Bertz CT molecular complexity index is 823. The van der Waals surface area contributed by atoms with Crippen molar-refractivity contribution in [3.8, 4) is 0 Å². The van der Waals surface area contributed by atoms with Gasteiger partial charge < -0.3 is 10.1 Å². The Morgan fingerprint density at radius 3 is 2.50 bits per heavy atom. The number of carbonyl (C=O) groups is 3. The number of benzene rings is 1. The molecule has 0 atom stereocenters. The van der Waals surface area contributed by atoms with E-state index in [9.17, 15) is 18.8 Å². The van der Waals surface area contributed by atoms with Crippen LogP contribution in [0.4, 0.5) is 4.39 Å². The molecule has 1 aromatic carbocycles. The average molecular weight is 410 g/mol. The molecule has 0 aliphatic heterocycles. The maximum Gasteiger partial charge on any atom is 0.269 e. The molecule has 4 saturated carbocycles. The molecule has 0 unspecified atom stereocenters. The molecule has 0 spiro atoms. The van der Waals surface area contributed by atoms with Crippen LogP contribution < -0.4 is 16.2 Å². The van der Waals surface area contributed by atoms with Gasteiger partial charge in [-0.15, -0.1) is 0 Å². The van der Waals surface area contributed by atoms with Gasteiger partial charge in [-0.05, 0) is 56.7 Å². The standard InChI is InChI=1S/C19H21ClFN3O4/c20-13-5-4-11(6-14(13)21)16(26)23-24-17(27)18-8-19(9-18,10-18)22-15(25)7-28-12-2-1-3-12/h4-6,12H,1-3,7-10H2,(H,22,25)(H,23,26)(H,24,27). The second-order valence-electron chi connectivity index (χ2n) is 8.04. The van der Waals surface area contributed by atoms with Gasteiger partial charge in [0.15, 0.2) is 0 Å². The number of hydrogen-bond donors (Lipinski definition) is 3. The second-order valence-corrected chi connectivity index (χ2v) is 8.45. The van der Waals surface area contributed by atoms with E-state index in [1.165, 1.54) is 12.1 Å². The van der Waals surface area contributed by atoms with E-state index in [1.54, 1.807) is 0 Å². The molecule has 4 fully saturated rings. The van der Waals surface area contributed by atoms with Crippen LogP contribution in [0.1, 0.15) is 48.9 Å². The highest BCUT2D eigenvalue weighted by molar-refractivity contribution is 6.30. The first kappa shape index (κ1) is 19.1. The number of hydrogen-bond acceptors (Lipinski definition) is 4. The number of halogens is 2. The zero-order valence-electron chi connectivity index (χ0n) is 15.1. The first-order valence-corrected chi connectivity index (χ1v) is 9.67. The Morgan fingerprint density at radius 2 is 1.89 bits per heavy atom. The first-order chi connectivity index (χ1) is 13.3. The summed E-state index contributed by atoms with van der Waals surface area (Å²) in [5.74, 6) is -1.80. The molecule has 3 N–H and O–H groups in total. The molecule has 4 aliphatic rings. The Morgan fingerprint density at radius 1 is 1.18 bits per heavy atom. The lowest BCUT2D eigenvalue weighted by molar-refractivity contribution is -0.185. The largest absolute Gasteiger partial charge is 0.368 e. The lowest BCUT2D eigenvalue weighted by atomic mass is 9.39. The molecule has 0 heterocycles. The summed E-state index contributed by atoms with van der Waals surface area (Å²) >= 11 is 5.58. The molecule has 9 heteroatoms. The van der Waals surface area contributed by atoms with Crippen molar-refractivity contribution in [1.82, 2.24) is 16.2 Å². The third kappa shape index (κ3) is 3.46. The lowest BCUT2D eigenvalue weighted by Crippen LogP contribution is -2.79. The first-order valence-electron chi connectivity index (χ1n) is 9.29. The molecule has 4 aliphatic carbocycles. The highest BCUT2D eigenvalue weighted by atomic mass is 35.5. The Hall–Kier alpha value is -2.19. The normalized spacial score (nSPS) is 27.6. The highest BCUT2D eigenvalue weighted by Gasteiger charge is 2.72. The van der Waals surface area contributed by atoms with Crippen LogP contribution in [0.5, 0.6) is 0 Å². The van der Waals surface area contributed by atoms with Gasteiger partial charge in [-0.2, -0.15) is 0 Å². The summed E-state index contributed by atoms with van der Waals surface area (Å²) in [4.78, 5) is 36.4. The molecule has 2 bridgehead atoms. The average Bonchev–Trinajstić information content (AvgIpc) is 2.55. The van der Waals surface area contributed by atoms with Gasteiger partial charge in [0.05, 0.1) is 16.5 Å². The van der Waals surface area contributed by atoms with Crippen molar-refractivity contribution >= 4 is 29.3 Å². The topological polar surface area (TPSA) is 96.5 Å². The minimum absolute atomic E-state index is 0.0509. The lowest BCUT2D eigenvalue weighted by Gasteiger charge is -2.68. The predicted molar refractivity (Wildman–Crippen MR) is 97.8 cm³/mol. The number of rotatable bonds is 6. The molecule has 1 aromatic rings. The van der Waals surface area contributed by atoms with E-state index in [4.69, 9.17) is 16.3 Å². The van der Waals surface area contributed by atoms with E-state index >= 15 is 0 Å². The molecule has 0 radical (unpaired) electrons. The summed E-state index contributed by atoms with van der Waals surface area (Å²) in [6.07, 6.45) is 4.98. The van der Waals surface area contributed by atoms with Crippen LogP contribution in [0, 0.1) is 11.2 Å². The zero-order valence-corrected chi connectivity index (χ0v) is 15.9. The number of nitrogens with one attached hydrogen (secondary N) is 3. The van der Waals surface area contributed by atoms with Crippen molar-refractivity contribution in [2.75, 3.05) is 6.61 Å². The zero-order chi connectivity index (χ0) is 19.9. The maximum absolute atomic E-state index is 13.4. The number of hydrazine groups is 1. The van der Waals surface area contributed by atoms with E-state index < -0.39 is 17.1 Å². The van der Waals surface area contributed by atoms with Gasteiger partial charge >= 0.3 is 0 Å². The number of ether oxygens (including phenoxy) is 1. The summed E-state index contributed by atoms with van der Waals surface area (Å²) < 4.78 is 18.9. The summed E-state index contributed by atoms with van der Waals surface area (Å²) in [6, 6.07) is 3.64. The fourth-order valence-electron chi connectivity index (χ4n) is 4.18. The molecular formula is C19H21ClFN3O4. The van der Waals surface area contributed by atoms with Crippen LogP contribution in [0.2, 0.25) is 5.02 Å².